The predicted octanol–water partition coefficient (Wildman–Crippen LogP) is 12.0. The van der Waals surface area contributed by atoms with E-state index in [2.05, 4.69) is 0 Å². The third-order valence-corrected chi connectivity index (χ3v) is 7.98. The smallest absolute Gasteiger partial charge is 0.143 e. The number of hydrogen-bond donors (Lipinski definition) is 0. The standard InChI is InChI=1S/C42H26O/c1-2-11-27(12-3-1)28-21-22-30-26-31(24-23-29(30)25-28)40-33-14-4-6-16-35(33)41(36-17-7-5-15-34(36)40)38-19-10-18-37-32-13-8-9-20-39(32)43-42(37)38/h1-26H/i1D,2D,3D,11D,12D,21D,22D,23D,24D,25D,26D. The van der Waals surface area contributed by atoms with Crippen molar-refractivity contribution in [3.05, 3.63) is 157 Å². The molecule has 0 aliphatic carbocycles. The van der Waals surface area contributed by atoms with Crippen LogP contribution in [0.25, 0.3) is 87.6 Å². The summed E-state index contributed by atoms with van der Waals surface area (Å²) in [6.07, 6.45) is 0. The van der Waals surface area contributed by atoms with Crippen LogP contribution in [0.1, 0.15) is 15.1 Å². The first-order valence-electron chi connectivity index (χ1n) is 19.4. The molecule has 8 aromatic carbocycles. The van der Waals surface area contributed by atoms with E-state index in [1.165, 1.54) is 0 Å². The maximum Gasteiger partial charge on any atom is 0.143 e. The lowest BCUT2D eigenvalue weighted by Gasteiger charge is -2.18. The highest BCUT2D eigenvalue weighted by Gasteiger charge is 2.20. The van der Waals surface area contributed by atoms with Gasteiger partial charge in [0, 0.05) is 21.9 Å². The molecule has 1 nitrogen and oxygen atoms in total. The number of hydrogen-bond acceptors (Lipinski definition) is 1. The molecule has 1 heteroatoms. The molecule has 0 radical (unpaired) electrons. The van der Waals surface area contributed by atoms with Crippen LogP contribution >= 0.6 is 0 Å². The van der Waals surface area contributed by atoms with Crippen LogP contribution in [0, 0.1) is 0 Å². The molecule has 9 aromatic rings. The van der Waals surface area contributed by atoms with E-state index in [0.29, 0.717) is 21.9 Å². The van der Waals surface area contributed by atoms with Gasteiger partial charge in [0.15, 0.2) is 0 Å². The van der Waals surface area contributed by atoms with Gasteiger partial charge >= 0.3 is 0 Å². The molecular weight excluding hydrogens is 520 g/mol. The van der Waals surface area contributed by atoms with E-state index in [1.54, 1.807) is 0 Å². The molecule has 0 bridgehead atoms. The fourth-order valence-corrected chi connectivity index (χ4v) is 6.13. The lowest BCUT2D eigenvalue weighted by molar-refractivity contribution is 0.670. The topological polar surface area (TPSA) is 13.1 Å². The van der Waals surface area contributed by atoms with E-state index in [1.807, 2.05) is 91.0 Å². The normalized spacial score (nSPS) is 15.3. The van der Waals surface area contributed by atoms with Gasteiger partial charge in [-0.15, -0.1) is 0 Å². The first-order chi connectivity index (χ1) is 25.9. The highest BCUT2D eigenvalue weighted by Crippen LogP contribution is 2.46. The minimum atomic E-state index is -0.668. The second-order valence-electron chi connectivity index (χ2n) is 10.4. The fraction of sp³-hybridized carbons (Fsp3) is 0. The summed E-state index contributed by atoms with van der Waals surface area (Å²) in [5, 5.41) is 4.42. The fourth-order valence-electron chi connectivity index (χ4n) is 6.13. The SMILES string of the molecule is [2H]c1c([2H])c([2H])c(-c2c([2H])c([2H])c3c([2H])c(-c4c5ccccc5c(-c5cccc6c5oc5ccccc56)c5ccccc45)c([2H])c([2H])c3c2[2H])c([2H])c1[2H]. The van der Waals surface area contributed by atoms with Crippen molar-refractivity contribution in [2.75, 3.05) is 0 Å². The molecule has 1 heterocycles. The first kappa shape index (κ1) is 15.5. The third kappa shape index (κ3) is 3.72. The first-order valence-corrected chi connectivity index (χ1v) is 13.9. The average molecular weight is 558 g/mol. The van der Waals surface area contributed by atoms with E-state index >= 15 is 0 Å². The summed E-state index contributed by atoms with van der Waals surface area (Å²) in [4.78, 5) is 0. The van der Waals surface area contributed by atoms with Gasteiger partial charge < -0.3 is 4.42 Å². The van der Waals surface area contributed by atoms with Crippen molar-refractivity contribution in [3.63, 3.8) is 0 Å². The summed E-state index contributed by atoms with van der Waals surface area (Å²) in [5.41, 5.74) is 2.87. The molecule has 0 aliphatic rings. The maximum absolute atomic E-state index is 9.58. The van der Waals surface area contributed by atoms with Crippen LogP contribution in [0.3, 0.4) is 0 Å². The Morgan fingerprint density at radius 1 is 0.419 bits per heavy atom. The van der Waals surface area contributed by atoms with Crippen molar-refractivity contribution in [3.8, 4) is 33.4 Å². The highest BCUT2D eigenvalue weighted by atomic mass is 16.3. The zero-order valence-electron chi connectivity index (χ0n) is 33.6. The molecule has 0 fully saturated rings. The van der Waals surface area contributed by atoms with Crippen molar-refractivity contribution < 1.29 is 19.5 Å². The summed E-state index contributed by atoms with van der Waals surface area (Å²) in [6, 6.07) is 22.9. The molecule has 0 atom stereocenters. The Balaban J connectivity index is 1.40. The van der Waals surface area contributed by atoms with E-state index < -0.39 is 65.5 Å². The van der Waals surface area contributed by atoms with Crippen LogP contribution in [0.5, 0.6) is 0 Å². The maximum atomic E-state index is 9.58. The number of furan rings is 1. The van der Waals surface area contributed by atoms with Gasteiger partial charge in [0.2, 0.25) is 0 Å². The molecule has 0 saturated heterocycles. The van der Waals surface area contributed by atoms with Gasteiger partial charge in [-0.1, -0.05) is 139 Å². The van der Waals surface area contributed by atoms with Crippen LogP contribution in [0.4, 0.5) is 0 Å². The van der Waals surface area contributed by atoms with Crippen LogP contribution in [0.2, 0.25) is 0 Å². The van der Waals surface area contributed by atoms with Gasteiger partial charge in [-0.05, 0) is 72.7 Å². The molecular formula is C42H26O. The second-order valence-corrected chi connectivity index (χ2v) is 10.4. The van der Waals surface area contributed by atoms with Gasteiger partial charge in [0.25, 0.3) is 0 Å². The highest BCUT2D eigenvalue weighted by molar-refractivity contribution is 6.24. The minimum absolute atomic E-state index is 0.0521. The van der Waals surface area contributed by atoms with Crippen molar-refractivity contribution in [1.82, 2.24) is 0 Å². The lowest BCUT2D eigenvalue weighted by Crippen LogP contribution is -1.91. The third-order valence-electron chi connectivity index (χ3n) is 7.98. The molecule has 0 amide bonds. The zero-order valence-corrected chi connectivity index (χ0v) is 22.6. The quantitative estimate of drug-likeness (QED) is 0.197. The van der Waals surface area contributed by atoms with Crippen LogP contribution in [-0.2, 0) is 0 Å². The summed E-state index contributed by atoms with van der Waals surface area (Å²) in [6.45, 7) is 0. The molecule has 43 heavy (non-hydrogen) atoms. The summed E-state index contributed by atoms with van der Waals surface area (Å²) >= 11 is 0. The average Bonchev–Trinajstić information content (AvgIpc) is 3.57. The van der Waals surface area contributed by atoms with Crippen molar-refractivity contribution in [2.45, 2.75) is 0 Å². The van der Waals surface area contributed by atoms with Gasteiger partial charge in [0.05, 0.1) is 15.1 Å². The summed E-state index contributed by atoms with van der Waals surface area (Å²) in [7, 11) is 0. The summed E-state index contributed by atoms with van der Waals surface area (Å²) < 4.78 is 103. The molecule has 9 rings (SSSR count). The molecule has 1 aromatic heterocycles. The molecule has 200 valence electrons. The Morgan fingerprint density at radius 2 is 0.977 bits per heavy atom. The Hall–Kier alpha value is -5.66. The van der Waals surface area contributed by atoms with Crippen molar-refractivity contribution in [1.29, 1.82) is 0 Å². The molecule has 0 spiro atoms. The number of fused-ring (bicyclic) bond motifs is 6. The monoisotopic (exact) mass is 557 g/mol. The minimum Gasteiger partial charge on any atom is -0.455 e. The molecule has 0 N–H and O–H groups in total. The Bertz CT molecular complexity index is 3040. The summed E-state index contributed by atoms with van der Waals surface area (Å²) in [5.74, 6) is 0. The van der Waals surface area contributed by atoms with Crippen LogP contribution < -0.4 is 0 Å². The van der Waals surface area contributed by atoms with Gasteiger partial charge in [-0.25, -0.2) is 0 Å². The Kier molecular flexibility index (Phi) is 3.41. The number of rotatable bonds is 3. The molecule has 0 saturated carbocycles. The van der Waals surface area contributed by atoms with Gasteiger partial charge in [-0.3, -0.25) is 0 Å². The second kappa shape index (κ2) is 9.44. The molecule has 0 unspecified atom stereocenters. The van der Waals surface area contributed by atoms with Crippen molar-refractivity contribution >= 4 is 54.3 Å². The lowest BCUT2D eigenvalue weighted by atomic mass is 9.85. The van der Waals surface area contributed by atoms with Gasteiger partial charge in [0.1, 0.15) is 11.2 Å². The van der Waals surface area contributed by atoms with Crippen LogP contribution in [0.15, 0.2) is 162 Å². The van der Waals surface area contributed by atoms with Crippen molar-refractivity contribution in [2.24, 2.45) is 0 Å². The molecule has 0 aliphatic heterocycles. The number of benzene rings is 8. The Labute approximate surface area is 264 Å². The van der Waals surface area contributed by atoms with Gasteiger partial charge in [-0.2, -0.15) is 0 Å². The Morgan fingerprint density at radius 3 is 1.67 bits per heavy atom. The number of para-hydroxylation sites is 2. The van der Waals surface area contributed by atoms with Crippen LogP contribution in [-0.4, -0.2) is 0 Å². The van der Waals surface area contributed by atoms with E-state index in [0.717, 1.165) is 38.3 Å². The van der Waals surface area contributed by atoms with E-state index in [4.69, 9.17) is 15.4 Å². The largest absolute Gasteiger partial charge is 0.455 e. The van der Waals surface area contributed by atoms with E-state index in [9.17, 15) is 4.11 Å². The zero-order chi connectivity index (χ0) is 37.9. The van der Waals surface area contributed by atoms with E-state index in [-0.39, 0.29) is 28.4 Å². The predicted molar refractivity (Wildman–Crippen MR) is 183 cm³/mol.